The summed E-state index contributed by atoms with van der Waals surface area (Å²) in [6.45, 7) is 5.38. The van der Waals surface area contributed by atoms with Crippen LogP contribution in [0.4, 0.5) is 0 Å². The number of hydrogen-bond donors (Lipinski definition) is 1. The minimum atomic E-state index is -0.144. The zero-order valence-electron chi connectivity index (χ0n) is 10.3. The van der Waals surface area contributed by atoms with E-state index < -0.39 is 0 Å². The molecule has 16 heavy (non-hydrogen) atoms. The van der Waals surface area contributed by atoms with Gasteiger partial charge in [0.25, 0.3) is 0 Å². The fourth-order valence-corrected chi connectivity index (χ4v) is 2.64. The third-order valence-electron chi connectivity index (χ3n) is 3.77. The van der Waals surface area contributed by atoms with Gasteiger partial charge in [-0.05, 0) is 52.2 Å². The predicted octanol–water partition coefficient (Wildman–Crippen LogP) is 0.623. The summed E-state index contributed by atoms with van der Waals surface area (Å²) in [7, 11) is 2.18. The van der Waals surface area contributed by atoms with Gasteiger partial charge in [0.05, 0.1) is 5.60 Å². The van der Waals surface area contributed by atoms with E-state index in [1.807, 2.05) is 0 Å². The first kappa shape index (κ1) is 11.9. The number of piperidine rings is 1. The van der Waals surface area contributed by atoms with Gasteiger partial charge in [-0.1, -0.05) is 0 Å². The molecule has 0 aromatic heterocycles. The van der Waals surface area contributed by atoms with E-state index in [9.17, 15) is 4.79 Å². The number of likely N-dealkylation sites (tertiary alicyclic amines) is 1. The second-order valence-electron chi connectivity index (χ2n) is 5.47. The normalized spacial score (nSPS) is 33.8. The van der Waals surface area contributed by atoms with Gasteiger partial charge in [0, 0.05) is 6.54 Å². The monoisotopic (exact) mass is 226 g/mol. The van der Waals surface area contributed by atoms with E-state index in [-0.39, 0.29) is 18.1 Å². The van der Waals surface area contributed by atoms with E-state index in [1.165, 1.54) is 25.9 Å². The van der Waals surface area contributed by atoms with Crippen molar-refractivity contribution in [2.75, 3.05) is 33.3 Å². The van der Waals surface area contributed by atoms with Crippen LogP contribution in [0.5, 0.6) is 0 Å². The SMILES string of the molecule is CN1CCC(CC2(C)CNC(=O)CO2)CC1. The number of morpholine rings is 1. The van der Waals surface area contributed by atoms with Gasteiger partial charge in [0.1, 0.15) is 6.61 Å². The van der Waals surface area contributed by atoms with E-state index in [1.54, 1.807) is 0 Å². The van der Waals surface area contributed by atoms with Crippen molar-refractivity contribution in [1.82, 2.24) is 10.2 Å². The summed E-state index contributed by atoms with van der Waals surface area (Å²) < 4.78 is 5.68. The second-order valence-corrected chi connectivity index (χ2v) is 5.47. The van der Waals surface area contributed by atoms with E-state index in [0.29, 0.717) is 6.54 Å². The van der Waals surface area contributed by atoms with Crippen LogP contribution >= 0.6 is 0 Å². The molecule has 1 N–H and O–H groups in total. The van der Waals surface area contributed by atoms with Gasteiger partial charge in [0.2, 0.25) is 5.91 Å². The summed E-state index contributed by atoms with van der Waals surface area (Å²) in [4.78, 5) is 13.4. The predicted molar refractivity (Wildman–Crippen MR) is 62.2 cm³/mol. The minimum absolute atomic E-state index is 0.0147. The molecule has 2 saturated heterocycles. The molecule has 0 aromatic carbocycles. The van der Waals surface area contributed by atoms with Gasteiger partial charge in [0.15, 0.2) is 0 Å². The molecule has 0 spiro atoms. The van der Waals surface area contributed by atoms with Crippen molar-refractivity contribution >= 4 is 5.91 Å². The molecule has 4 heteroatoms. The van der Waals surface area contributed by atoms with Crippen LogP contribution in [0.25, 0.3) is 0 Å². The second kappa shape index (κ2) is 4.72. The van der Waals surface area contributed by atoms with Gasteiger partial charge in [-0.25, -0.2) is 0 Å². The fraction of sp³-hybridized carbons (Fsp3) is 0.917. The van der Waals surface area contributed by atoms with Gasteiger partial charge < -0.3 is 15.0 Å². The lowest BCUT2D eigenvalue weighted by atomic mass is 9.85. The van der Waals surface area contributed by atoms with E-state index in [4.69, 9.17) is 4.74 Å². The Morgan fingerprint density at radius 2 is 2.19 bits per heavy atom. The Labute approximate surface area is 97.3 Å². The molecule has 0 aromatic rings. The van der Waals surface area contributed by atoms with Crippen molar-refractivity contribution in [2.45, 2.75) is 31.8 Å². The number of rotatable bonds is 2. The highest BCUT2D eigenvalue weighted by atomic mass is 16.5. The molecule has 2 aliphatic heterocycles. The van der Waals surface area contributed by atoms with Crippen LogP contribution in [0, 0.1) is 5.92 Å². The van der Waals surface area contributed by atoms with Crippen molar-refractivity contribution in [3.05, 3.63) is 0 Å². The fourth-order valence-electron chi connectivity index (χ4n) is 2.64. The highest BCUT2D eigenvalue weighted by Crippen LogP contribution is 2.28. The Hall–Kier alpha value is -0.610. The largest absolute Gasteiger partial charge is 0.364 e. The highest BCUT2D eigenvalue weighted by Gasteiger charge is 2.34. The Kier molecular flexibility index (Phi) is 3.50. The van der Waals surface area contributed by atoms with Crippen molar-refractivity contribution in [1.29, 1.82) is 0 Å². The molecule has 1 amide bonds. The number of nitrogens with one attached hydrogen (secondary N) is 1. The van der Waals surface area contributed by atoms with Gasteiger partial charge >= 0.3 is 0 Å². The molecule has 0 saturated carbocycles. The quantitative estimate of drug-likeness (QED) is 0.750. The molecular weight excluding hydrogens is 204 g/mol. The van der Waals surface area contributed by atoms with E-state index >= 15 is 0 Å². The smallest absolute Gasteiger partial charge is 0.246 e. The first-order chi connectivity index (χ1) is 7.57. The van der Waals surface area contributed by atoms with E-state index in [0.717, 1.165) is 12.3 Å². The first-order valence-corrected chi connectivity index (χ1v) is 6.17. The third-order valence-corrected chi connectivity index (χ3v) is 3.77. The standard InChI is InChI=1S/C12H22N2O2/c1-12(9-13-11(15)8-16-12)7-10-3-5-14(2)6-4-10/h10H,3-9H2,1-2H3,(H,13,15). The van der Waals surface area contributed by atoms with Crippen LogP contribution in [0.15, 0.2) is 0 Å². The molecule has 2 fully saturated rings. The third kappa shape index (κ3) is 2.95. The van der Waals surface area contributed by atoms with Crippen molar-refractivity contribution in [3.8, 4) is 0 Å². The molecule has 2 rings (SSSR count). The maximum atomic E-state index is 11.0. The number of ether oxygens (including phenoxy) is 1. The molecular formula is C12H22N2O2. The summed E-state index contributed by atoms with van der Waals surface area (Å²) in [6, 6.07) is 0. The maximum Gasteiger partial charge on any atom is 0.246 e. The lowest BCUT2D eigenvalue weighted by molar-refractivity contribution is -0.144. The Morgan fingerprint density at radius 1 is 1.50 bits per heavy atom. The average molecular weight is 226 g/mol. The van der Waals surface area contributed by atoms with Gasteiger partial charge in [-0.15, -0.1) is 0 Å². The number of carbonyl (C=O) groups excluding carboxylic acids is 1. The number of amides is 1. The number of carbonyl (C=O) groups is 1. The van der Waals surface area contributed by atoms with Crippen LogP contribution in [0.1, 0.15) is 26.2 Å². The topological polar surface area (TPSA) is 41.6 Å². The molecule has 2 aliphatic rings. The van der Waals surface area contributed by atoms with Crippen LogP contribution in [0.2, 0.25) is 0 Å². The van der Waals surface area contributed by atoms with Gasteiger partial charge in [-0.3, -0.25) is 4.79 Å². The summed E-state index contributed by atoms with van der Waals surface area (Å²) in [5.41, 5.74) is -0.144. The highest BCUT2D eigenvalue weighted by molar-refractivity contribution is 5.77. The van der Waals surface area contributed by atoms with Crippen LogP contribution in [-0.2, 0) is 9.53 Å². The molecule has 0 bridgehead atoms. The molecule has 2 heterocycles. The lowest BCUT2D eigenvalue weighted by Crippen LogP contribution is -2.52. The minimum Gasteiger partial charge on any atom is -0.364 e. The van der Waals surface area contributed by atoms with E-state index in [2.05, 4.69) is 24.2 Å². The first-order valence-electron chi connectivity index (χ1n) is 6.17. The zero-order valence-corrected chi connectivity index (χ0v) is 10.3. The summed E-state index contributed by atoms with van der Waals surface area (Å²) in [5, 5.41) is 2.90. The van der Waals surface area contributed by atoms with Crippen molar-refractivity contribution < 1.29 is 9.53 Å². The summed E-state index contributed by atoms with van der Waals surface area (Å²) >= 11 is 0. The molecule has 4 nitrogen and oxygen atoms in total. The Bertz CT molecular complexity index is 250. The van der Waals surface area contributed by atoms with Crippen LogP contribution in [-0.4, -0.2) is 49.7 Å². The lowest BCUT2D eigenvalue weighted by Gasteiger charge is -2.39. The van der Waals surface area contributed by atoms with Crippen molar-refractivity contribution in [3.63, 3.8) is 0 Å². The molecule has 0 aliphatic carbocycles. The van der Waals surface area contributed by atoms with Gasteiger partial charge in [-0.2, -0.15) is 0 Å². The van der Waals surface area contributed by atoms with Crippen LogP contribution < -0.4 is 5.32 Å². The summed E-state index contributed by atoms with van der Waals surface area (Å²) in [6.07, 6.45) is 3.58. The maximum absolute atomic E-state index is 11.0. The number of nitrogens with zero attached hydrogens (tertiary/aromatic N) is 1. The molecule has 92 valence electrons. The van der Waals surface area contributed by atoms with Crippen LogP contribution in [0.3, 0.4) is 0 Å². The molecule has 0 radical (unpaired) electrons. The molecule has 1 unspecified atom stereocenters. The summed E-state index contributed by atoms with van der Waals surface area (Å²) in [5.74, 6) is 0.761. The average Bonchev–Trinajstić information content (AvgIpc) is 2.27. The van der Waals surface area contributed by atoms with Crippen molar-refractivity contribution in [2.24, 2.45) is 5.92 Å². The molecule has 1 atom stereocenters. The Morgan fingerprint density at radius 3 is 2.75 bits per heavy atom. The Balaban J connectivity index is 1.82. The number of hydrogen-bond acceptors (Lipinski definition) is 3. The zero-order chi connectivity index (χ0) is 11.6.